The Morgan fingerprint density at radius 2 is 1.92 bits per heavy atom. The van der Waals surface area contributed by atoms with E-state index < -0.39 is 24.8 Å². The second kappa shape index (κ2) is 6.62. The average Bonchev–Trinajstić information content (AvgIpc) is 2.99. The Kier molecular flexibility index (Phi) is 4.50. The highest BCUT2D eigenvalue weighted by molar-refractivity contribution is 5.86. The van der Waals surface area contributed by atoms with Gasteiger partial charge in [0.2, 0.25) is 0 Å². The first kappa shape index (κ1) is 17.7. The number of pyridine rings is 1. The Morgan fingerprint density at radius 1 is 1.23 bits per heavy atom. The minimum Gasteiger partial charge on any atom is -0.406 e. The van der Waals surface area contributed by atoms with Crippen LogP contribution in [-0.2, 0) is 0 Å². The molecule has 0 radical (unpaired) electrons. The summed E-state index contributed by atoms with van der Waals surface area (Å²) in [5, 5.41) is 32.8. The molecule has 2 N–H and O–H groups in total. The van der Waals surface area contributed by atoms with E-state index in [1.165, 1.54) is 29.1 Å². The van der Waals surface area contributed by atoms with E-state index >= 15 is 0 Å². The lowest BCUT2D eigenvalue weighted by molar-refractivity contribution is -0.274. The van der Waals surface area contributed by atoms with Crippen molar-refractivity contribution < 1.29 is 28.1 Å². The van der Waals surface area contributed by atoms with Crippen LogP contribution in [0.2, 0.25) is 0 Å². The number of fused-ring (bicyclic) bond motifs is 1. The number of hydrogen-bond acceptors (Lipinski definition) is 6. The van der Waals surface area contributed by atoms with Crippen molar-refractivity contribution >= 4 is 11.0 Å². The molecule has 1 aromatic carbocycles. The Bertz CT molecular complexity index is 977. The molecule has 26 heavy (non-hydrogen) atoms. The number of alkyl halides is 3. The van der Waals surface area contributed by atoms with Gasteiger partial charge in [-0.1, -0.05) is 0 Å². The van der Waals surface area contributed by atoms with E-state index in [2.05, 4.69) is 14.8 Å². The van der Waals surface area contributed by atoms with E-state index in [1.807, 2.05) is 6.07 Å². The highest BCUT2D eigenvalue weighted by atomic mass is 19.4. The zero-order valence-corrected chi connectivity index (χ0v) is 13.0. The van der Waals surface area contributed by atoms with Crippen molar-refractivity contribution in [3.05, 3.63) is 47.8 Å². The Balaban J connectivity index is 2.10. The minimum atomic E-state index is -4.80. The van der Waals surface area contributed by atoms with Crippen LogP contribution >= 0.6 is 0 Å². The molecule has 7 nitrogen and oxygen atoms in total. The summed E-state index contributed by atoms with van der Waals surface area (Å²) in [4.78, 5) is 4.13. The largest absolute Gasteiger partial charge is 0.573 e. The van der Waals surface area contributed by atoms with Crippen molar-refractivity contribution in [1.29, 1.82) is 5.26 Å². The molecule has 0 spiro atoms. The molecule has 1 unspecified atom stereocenters. The number of hydrogen-bond donors (Lipinski definition) is 2. The van der Waals surface area contributed by atoms with Crippen molar-refractivity contribution in [3.8, 4) is 17.5 Å². The van der Waals surface area contributed by atoms with Crippen molar-refractivity contribution in [2.24, 2.45) is 0 Å². The van der Waals surface area contributed by atoms with Gasteiger partial charge in [0.15, 0.2) is 11.3 Å². The van der Waals surface area contributed by atoms with Crippen LogP contribution in [0.5, 0.6) is 5.75 Å². The molecule has 0 fully saturated rings. The maximum absolute atomic E-state index is 12.2. The number of rotatable bonds is 4. The molecule has 3 aromatic rings. The summed E-state index contributed by atoms with van der Waals surface area (Å²) in [5.41, 5.74) is 0.800. The first-order chi connectivity index (χ1) is 12.3. The number of aromatic nitrogens is 3. The van der Waals surface area contributed by atoms with Gasteiger partial charge in [0, 0.05) is 6.20 Å². The van der Waals surface area contributed by atoms with Gasteiger partial charge in [-0.15, -0.1) is 13.2 Å². The number of benzene rings is 1. The van der Waals surface area contributed by atoms with Crippen molar-refractivity contribution in [1.82, 2.24) is 14.8 Å². The predicted molar refractivity (Wildman–Crippen MR) is 82.3 cm³/mol. The summed E-state index contributed by atoms with van der Waals surface area (Å²) in [6, 6.07) is 8.20. The summed E-state index contributed by atoms with van der Waals surface area (Å²) in [5.74, 6) is -0.400. The maximum Gasteiger partial charge on any atom is 0.573 e. The molecule has 0 amide bonds. The van der Waals surface area contributed by atoms with Crippen LogP contribution in [0.25, 0.3) is 16.7 Å². The molecule has 134 valence electrons. The van der Waals surface area contributed by atoms with Crippen LogP contribution in [0.1, 0.15) is 17.4 Å². The Morgan fingerprint density at radius 3 is 2.50 bits per heavy atom. The fraction of sp³-hybridized carbons (Fsp3) is 0.188. The predicted octanol–water partition coefficient (Wildman–Crippen LogP) is 2.22. The Hall–Kier alpha value is -3.16. The molecule has 0 aliphatic carbocycles. The molecule has 0 aliphatic rings. The van der Waals surface area contributed by atoms with Gasteiger partial charge in [-0.2, -0.15) is 10.4 Å². The zero-order valence-electron chi connectivity index (χ0n) is 13.0. The van der Waals surface area contributed by atoms with Gasteiger partial charge in [-0.25, -0.2) is 9.67 Å². The van der Waals surface area contributed by atoms with E-state index in [0.717, 1.165) is 12.1 Å². The van der Waals surface area contributed by atoms with Gasteiger partial charge in [0.25, 0.3) is 0 Å². The summed E-state index contributed by atoms with van der Waals surface area (Å²) in [7, 11) is 0. The van der Waals surface area contributed by atoms with Crippen molar-refractivity contribution in [2.75, 3.05) is 6.61 Å². The minimum absolute atomic E-state index is 0.0359. The number of halogens is 3. The lowest BCUT2D eigenvalue weighted by Crippen LogP contribution is -2.17. The van der Waals surface area contributed by atoms with Gasteiger partial charge < -0.3 is 14.9 Å². The highest BCUT2D eigenvalue weighted by Crippen LogP contribution is 2.29. The maximum atomic E-state index is 12.2. The van der Waals surface area contributed by atoms with Crippen molar-refractivity contribution in [3.63, 3.8) is 0 Å². The van der Waals surface area contributed by atoms with E-state index in [-0.39, 0.29) is 22.3 Å². The topological polar surface area (TPSA) is 104 Å². The molecule has 0 bridgehead atoms. The number of nitrogens with zero attached hydrogens (tertiary/aromatic N) is 4. The second-order valence-corrected chi connectivity index (χ2v) is 5.21. The standard InChI is InChI=1S/C16H11F3N4O3/c17-16(18,19)26-10-3-1-9(2-4-10)23-15-14(12(7-20)22-23)11(5-6-21-15)13(25)8-24/h1-6,13,24-25H,8H2. The number of nitriles is 1. The molecule has 2 aromatic heterocycles. The van der Waals surface area contributed by atoms with Crippen molar-refractivity contribution in [2.45, 2.75) is 12.5 Å². The SMILES string of the molecule is N#Cc1nn(-c2ccc(OC(F)(F)F)cc2)c2nccc(C(O)CO)c12. The molecule has 1 atom stereocenters. The summed E-state index contributed by atoms with van der Waals surface area (Å²) < 4.78 is 41.8. The summed E-state index contributed by atoms with van der Waals surface area (Å²) in [6.07, 6.45) is -4.66. The molecular weight excluding hydrogens is 353 g/mol. The smallest absolute Gasteiger partial charge is 0.406 e. The van der Waals surface area contributed by atoms with Gasteiger partial charge in [0.1, 0.15) is 17.9 Å². The number of aliphatic hydroxyl groups excluding tert-OH is 2. The van der Waals surface area contributed by atoms with Crippen LogP contribution in [0.3, 0.4) is 0 Å². The molecule has 0 saturated heterocycles. The van der Waals surface area contributed by atoms with Crippen LogP contribution in [0.15, 0.2) is 36.5 Å². The first-order valence-corrected chi connectivity index (χ1v) is 7.27. The lowest BCUT2D eigenvalue weighted by atomic mass is 10.1. The van der Waals surface area contributed by atoms with Gasteiger partial charge in [-0.05, 0) is 35.9 Å². The van der Waals surface area contributed by atoms with Crippen LogP contribution < -0.4 is 4.74 Å². The molecule has 0 aliphatic heterocycles. The normalized spacial score (nSPS) is 12.8. The van der Waals surface area contributed by atoms with E-state index in [0.29, 0.717) is 5.69 Å². The fourth-order valence-electron chi connectivity index (χ4n) is 2.49. The highest BCUT2D eigenvalue weighted by Gasteiger charge is 2.31. The molecule has 10 heteroatoms. The number of ether oxygens (including phenoxy) is 1. The summed E-state index contributed by atoms with van der Waals surface area (Å²) >= 11 is 0. The van der Waals surface area contributed by atoms with Crippen LogP contribution in [0, 0.1) is 11.3 Å². The van der Waals surface area contributed by atoms with Crippen LogP contribution in [-0.4, -0.2) is 37.9 Å². The Labute approximate surface area is 144 Å². The monoisotopic (exact) mass is 364 g/mol. The average molecular weight is 364 g/mol. The zero-order chi connectivity index (χ0) is 18.9. The van der Waals surface area contributed by atoms with E-state index in [1.54, 1.807) is 0 Å². The van der Waals surface area contributed by atoms with E-state index in [4.69, 9.17) is 0 Å². The third-order valence-corrected chi connectivity index (χ3v) is 3.55. The molecular formula is C16H11F3N4O3. The third-order valence-electron chi connectivity index (χ3n) is 3.55. The second-order valence-electron chi connectivity index (χ2n) is 5.21. The molecule has 3 rings (SSSR count). The van der Waals surface area contributed by atoms with E-state index in [9.17, 15) is 28.6 Å². The van der Waals surface area contributed by atoms with Gasteiger partial charge in [-0.3, -0.25) is 0 Å². The quantitative estimate of drug-likeness (QED) is 0.736. The molecule has 0 saturated carbocycles. The fourth-order valence-corrected chi connectivity index (χ4v) is 2.49. The number of aliphatic hydroxyl groups is 2. The third kappa shape index (κ3) is 3.30. The van der Waals surface area contributed by atoms with Gasteiger partial charge in [0.05, 0.1) is 17.7 Å². The lowest BCUT2D eigenvalue weighted by Gasteiger charge is -2.10. The summed E-state index contributed by atoms with van der Waals surface area (Å²) in [6.45, 7) is -0.557. The van der Waals surface area contributed by atoms with Gasteiger partial charge >= 0.3 is 6.36 Å². The van der Waals surface area contributed by atoms with Crippen LogP contribution in [0.4, 0.5) is 13.2 Å². The first-order valence-electron chi connectivity index (χ1n) is 7.27. The molecule has 2 heterocycles.